The predicted octanol–water partition coefficient (Wildman–Crippen LogP) is 4.89. The Kier molecular flexibility index (Phi) is 9.48. The Labute approximate surface area is 125 Å². The Bertz CT molecular complexity index is 421. The fraction of sp³-hybridized carbons (Fsp3) is 0.444. The van der Waals surface area contributed by atoms with Crippen LogP contribution in [0.5, 0.6) is 0 Å². The molecule has 0 atom stereocenters. The third-order valence-electron chi connectivity index (χ3n) is 3.29. The molecule has 0 aliphatic heterocycles. The van der Waals surface area contributed by atoms with Crippen molar-refractivity contribution >= 4 is 0 Å². The summed E-state index contributed by atoms with van der Waals surface area (Å²) >= 11 is 0. The number of hydrazine groups is 1. The van der Waals surface area contributed by atoms with Crippen LogP contribution in [0.4, 0.5) is 0 Å². The van der Waals surface area contributed by atoms with Crippen molar-refractivity contribution in [1.82, 2.24) is 5.01 Å². The monoisotopic (exact) mass is 274 g/mol. The molecule has 0 fully saturated rings. The molecular weight excluding hydrogens is 244 g/mol. The van der Waals surface area contributed by atoms with Gasteiger partial charge < -0.3 is 5.01 Å². The number of likely N-dealkylation sites (N-methyl/N-ethyl adjacent to an activating group) is 1. The second kappa shape index (κ2) is 10.3. The van der Waals surface area contributed by atoms with E-state index >= 15 is 0 Å². The van der Waals surface area contributed by atoms with Crippen molar-refractivity contribution < 1.29 is 0 Å². The first kappa shape index (κ1) is 18.5. The number of nitrogens with two attached hydrogens (primary N) is 1. The van der Waals surface area contributed by atoms with Gasteiger partial charge in [0.2, 0.25) is 0 Å². The Morgan fingerprint density at radius 3 is 2.30 bits per heavy atom. The molecule has 0 unspecified atom stereocenters. The summed E-state index contributed by atoms with van der Waals surface area (Å²) < 4.78 is 0. The van der Waals surface area contributed by atoms with Gasteiger partial charge >= 0.3 is 0 Å². The number of hydrogen-bond acceptors (Lipinski definition) is 2. The van der Waals surface area contributed by atoms with Gasteiger partial charge in [0.1, 0.15) is 0 Å². The van der Waals surface area contributed by atoms with E-state index in [2.05, 4.69) is 57.7 Å². The average Bonchev–Trinajstić information content (AvgIpc) is 2.42. The van der Waals surface area contributed by atoms with Gasteiger partial charge in [-0.3, -0.25) is 0 Å². The standard InChI is InChI=1S/C18H30N2/c1-7-10-18(8-2)12-9-11-15(3)13-14-16(4)17(5)20(6)19/h7-8,10,13-14H,5,9,11-12,19H2,1-4,6H3/b10-7-,15-13+,16-14+,18-8+. The minimum atomic E-state index is 0.846. The van der Waals surface area contributed by atoms with Crippen LogP contribution in [0.25, 0.3) is 0 Å². The molecular formula is C18H30N2. The highest BCUT2D eigenvalue weighted by Crippen LogP contribution is 2.14. The molecule has 2 nitrogen and oxygen atoms in total. The normalized spacial score (nSPS) is 14.0. The van der Waals surface area contributed by atoms with Crippen LogP contribution < -0.4 is 5.84 Å². The van der Waals surface area contributed by atoms with Gasteiger partial charge in [-0.1, -0.05) is 48.1 Å². The molecule has 20 heavy (non-hydrogen) atoms. The SMILES string of the molecule is C=C(/C(C)=C/C=C(\C)CCCC(/C=C\C)=C/C)N(C)N. The molecule has 0 amide bonds. The summed E-state index contributed by atoms with van der Waals surface area (Å²) in [5.41, 5.74) is 4.73. The summed E-state index contributed by atoms with van der Waals surface area (Å²) in [7, 11) is 1.80. The first-order valence-corrected chi connectivity index (χ1v) is 7.22. The van der Waals surface area contributed by atoms with Crippen molar-refractivity contribution in [3.8, 4) is 0 Å². The highest BCUT2D eigenvalue weighted by Gasteiger charge is 1.98. The van der Waals surface area contributed by atoms with Crippen LogP contribution in [-0.2, 0) is 0 Å². The van der Waals surface area contributed by atoms with E-state index in [-0.39, 0.29) is 0 Å². The van der Waals surface area contributed by atoms with Gasteiger partial charge in [0.15, 0.2) is 0 Å². The maximum absolute atomic E-state index is 5.66. The number of rotatable bonds is 8. The molecule has 0 bridgehead atoms. The molecule has 0 aliphatic rings. The Balaban J connectivity index is 4.35. The van der Waals surface area contributed by atoms with Gasteiger partial charge in [0, 0.05) is 12.7 Å². The molecule has 0 aromatic heterocycles. The molecule has 2 N–H and O–H groups in total. The van der Waals surface area contributed by atoms with Crippen LogP contribution in [0.15, 0.2) is 59.4 Å². The molecule has 0 spiro atoms. The molecule has 112 valence electrons. The van der Waals surface area contributed by atoms with Crippen molar-refractivity contribution in [2.45, 2.75) is 47.0 Å². The van der Waals surface area contributed by atoms with Crippen LogP contribution in [0.2, 0.25) is 0 Å². The summed E-state index contributed by atoms with van der Waals surface area (Å²) in [6.07, 6.45) is 14.1. The summed E-state index contributed by atoms with van der Waals surface area (Å²) in [6, 6.07) is 0. The van der Waals surface area contributed by atoms with Gasteiger partial charge in [-0.2, -0.15) is 0 Å². The zero-order valence-electron chi connectivity index (χ0n) is 13.7. The third-order valence-corrected chi connectivity index (χ3v) is 3.29. The van der Waals surface area contributed by atoms with E-state index in [1.165, 1.54) is 17.6 Å². The van der Waals surface area contributed by atoms with Crippen molar-refractivity contribution in [2.24, 2.45) is 5.84 Å². The van der Waals surface area contributed by atoms with Gasteiger partial charge in [-0.05, 0) is 52.5 Å². The van der Waals surface area contributed by atoms with E-state index in [0.29, 0.717) is 0 Å². The highest BCUT2D eigenvalue weighted by molar-refractivity contribution is 5.29. The number of allylic oxidation sites excluding steroid dienone is 8. The minimum Gasteiger partial charge on any atom is -0.314 e. The van der Waals surface area contributed by atoms with Crippen LogP contribution in [0, 0.1) is 0 Å². The average molecular weight is 274 g/mol. The highest BCUT2D eigenvalue weighted by atomic mass is 15.4. The number of hydrogen-bond donors (Lipinski definition) is 1. The van der Waals surface area contributed by atoms with Crippen molar-refractivity contribution in [1.29, 1.82) is 0 Å². The van der Waals surface area contributed by atoms with E-state index in [0.717, 1.165) is 24.1 Å². The van der Waals surface area contributed by atoms with Gasteiger partial charge in [0.05, 0.1) is 0 Å². The summed E-state index contributed by atoms with van der Waals surface area (Å²) in [6.45, 7) is 12.3. The lowest BCUT2D eigenvalue weighted by atomic mass is 10.0. The van der Waals surface area contributed by atoms with Crippen molar-refractivity contribution in [3.63, 3.8) is 0 Å². The van der Waals surface area contributed by atoms with Gasteiger partial charge in [0.25, 0.3) is 0 Å². The smallest absolute Gasteiger partial charge is 0.0471 e. The largest absolute Gasteiger partial charge is 0.314 e. The molecule has 0 heterocycles. The summed E-state index contributed by atoms with van der Waals surface area (Å²) in [4.78, 5) is 0. The van der Waals surface area contributed by atoms with Crippen LogP contribution in [0.3, 0.4) is 0 Å². The molecule has 0 aliphatic carbocycles. The lowest BCUT2D eigenvalue weighted by Gasteiger charge is -2.15. The molecule has 0 saturated heterocycles. The van der Waals surface area contributed by atoms with Gasteiger partial charge in [-0.15, -0.1) is 0 Å². The van der Waals surface area contributed by atoms with Crippen molar-refractivity contribution in [2.75, 3.05) is 7.05 Å². The zero-order valence-corrected chi connectivity index (χ0v) is 13.7. The second-order valence-electron chi connectivity index (χ2n) is 5.14. The fourth-order valence-corrected chi connectivity index (χ4v) is 1.83. The minimum absolute atomic E-state index is 0.846. The first-order valence-electron chi connectivity index (χ1n) is 7.22. The lowest BCUT2D eigenvalue weighted by Crippen LogP contribution is -2.24. The third kappa shape index (κ3) is 7.80. The van der Waals surface area contributed by atoms with Crippen LogP contribution in [-0.4, -0.2) is 12.1 Å². The van der Waals surface area contributed by atoms with Gasteiger partial charge in [-0.25, -0.2) is 5.84 Å². The maximum atomic E-state index is 5.66. The van der Waals surface area contributed by atoms with E-state index in [1.54, 1.807) is 12.1 Å². The molecule has 0 radical (unpaired) electrons. The molecule has 2 heteroatoms. The van der Waals surface area contributed by atoms with Crippen LogP contribution >= 0.6 is 0 Å². The first-order chi connectivity index (χ1) is 9.42. The Morgan fingerprint density at radius 2 is 1.80 bits per heavy atom. The summed E-state index contributed by atoms with van der Waals surface area (Å²) in [5, 5.41) is 1.55. The van der Waals surface area contributed by atoms with E-state index in [4.69, 9.17) is 5.84 Å². The predicted molar refractivity (Wildman–Crippen MR) is 91.0 cm³/mol. The zero-order chi connectivity index (χ0) is 15.5. The lowest BCUT2D eigenvalue weighted by molar-refractivity contribution is 0.451. The van der Waals surface area contributed by atoms with E-state index in [9.17, 15) is 0 Å². The summed E-state index contributed by atoms with van der Waals surface area (Å²) in [5.74, 6) is 5.66. The second-order valence-corrected chi connectivity index (χ2v) is 5.14. The Hall–Kier alpha value is -1.54. The van der Waals surface area contributed by atoms with Crippen LogP contribution in [0.1, 0.15) is 47.0 Å². The fourth-order valence-electron chi connectivity index (χ4n) is 1.83. The molecule has 0 aromatic rings. The Morgan fingerprint density at radius 1 is 1.15 bits per heavy atom. The molecule has 0 aromatic carbocycles. The van der Waals surface area contributed by atoms with E-state index < -0.39 is 0 Å². The number of nitrogens with zero attached hydrogens (tertiary/aromatic N) is 1. The van der Waals surface area contributed by atoms with E-state index in [1.807, 2.05) is 6.92 Å². The quantitative estimate of drug-likeness (QED) is 0.388. The molecule has 0 rings (SSSR count). The maximum Gasteiger partial charge on any atom is 0.0471 e. The topological polar surface area (TPSA) is 29.3 Å². The van der Waals surface area contributed by atoms with Crippen molar-refractivity contribution in [3.05, 3.63) is 59.4 Å². The molecule has 0 saturated carbocycles.